The van der Waals surface area contributed by atoms with Crippen molar-refractivity contribution in [1.82, 2.24) is 4.98 Å². The molecule has 0 amide bonds. The minimum Gasteiger partial charge on any atom is -0.350 e. The lowest BCUT2D eigenvalue weighted by Crippen LogP contribution is -2.48. The average molecular weight is 423 g/mol. The molecule has 0 spiro atoms. The Labute approximate surface area is 167 Å². The SMILES string of the molecule is CCCCC[N+]1(C)CCCCC1.FC(F)(F)c1[nH]c2ccccc2c1C(F)(F)F. The summed E-state index contributed by atoms with van der Waals surface area (Å²) >= 11 is 0. The van der Waals surface area contributed by atoms with Gasteiger partial charge in [-0.25, -0.2) is 0 Å². The van der Waals surface area contributed by atoms with Crippen LogP contribution in [0, 0.1) is 0 Å². The summed E-state index contributed by atoms with van der Waals surface area (Å²) in [4.78, 5) is 1.77. The first kappa shape index (κ1) is 23.6. The lowest BCUT2D eigenvalue weighted by molar-refractivity contribution is -0.914. The fourth-order valence-corrected chi connectivity index (χ4v) is 3.89. The van der Waals surface area contributed by atoms with E-state index in [2.05, 4.69) is 14.0 Å². The number of likely N-dealkylation sites (tertiary alicyclic amines) is 1. The summed E-state index contributed by atoms with van der Waals surface area (Å²) in [6.07, 6.45) is -1.50. The molecule has 0 bridgehead atoms. The number of aromatic amines is 1. The first-order valence-electron chi connectivity index (χ1n) is 10.1. The van der Waals surface area contributed by atoms with Gasteiger partial charge in [0.1, 0.15) is 5.69 Å². The molecule has 29 heavy (non-hydrogen) atoms. The molecular weight excluding hydrogens is 394 g/mol. The van der Waals surface area contributed by atoms with Gasteiger partial charge in [0, 0.05) is 10.9 Å². The third-order valence-corrected chi connectivity index (χ3v) is 5.47. The zero-order chi connectivity index (χ0) is 21.7. The molecule has 0 aliphatic carbocycles. The Morgan fingerprint density at radius 3 is 2.07 bits per heavy atom. The molecule has 164 valence electrons. The number of benzene rings is 1. The van der Waals surface area contributed by atoms with Gasteiger partial charge in [-0.15, -0.1) is 0 Å². The highest BCUT2D eigenvalue weighted by atomic mass is 19.4. The zero-order valence-corrected chi connectivity index (χ0v) is 16.9. The van der Waals surface area contributed by atoms with E-state index in [0.29, 0.717) is 0 Å². The molecular formula is C21H29F6N2+. The number of piperidine rings is 1. The van der Waals surface area contributed by atoms with Crippen molar-refractivity contribution in [2.24, 2.45) is 0 Å². The van der Waals surface area contributed by atoms with Crippen molar-refractivity contribution in [2.75, 3.05) is 26.7 Å². The van der Waals surface area contributed by atoms with Crippen LogP contribution in [-0.2, 0) is 12.4 Å². The molecule has 0 radical (unpaired) electrons. The summed E-state index contributed by atoms with van der Waals surface area (Å²) in [7, 11) is 2.44. The van der Waals surface area contributed by atoms with Crippen LogP contribution in [0.25, 0.3) is 10.9 Å². The molecule has 1 saturated heterocycles. The zero-order valence-electron chi connectivity index (χ0n) is 16.9. The van der Waals surface area contributed by atoms with Crippen LogP contribution in [0.3, 0.4) is 0 Å². The van der Waals surface area contributed by atoms with Gasteiger partial charge in [0.2, 0.25) is 0 Å². The Bertz CT molecular complexity index is 770. The van der Waals surface area contributed by atoms with E-state index in [1.165, 1.54) is 80.8 Å². The predicted octanol–water partition coefficient (Wildman–Crippen LogP) is 7.01. The van der Waals surface area contributed by atoms with Crippen LogP contribution in [-0.4, -0.2) is 36.1 Å². The van der Waals surface area contributed by atoms with E-state index in [1.54, 1.807) is 4.98 Å². The third kappa shape index (κ3) is 6.39. The first-order valence-corrected chi connectivity index (χ1v) is 10.1. The van der Waals surface area contributed by atoms with Crippen LogP contribution >= 0.6 is 0 Å². The Morgan fingerprint density at radius 1 is 0.897 bits per heavy atom. The van der Waals surface area contributed by atoms with Crippen molar-refractivity contribution in [2.45, 2.75) is 57.8 Å². The fraction of sp³-hybridized carbons (Fsp3) is 0.619. The molecule has 2 nitrogen and oxygen atoms in total. The van der Waals surface area contributed by atoms with Crippen LogP contribution in [0.4, 0.5) is 26.3 Å². The molecule has 1 aliphatic heterocycles. The monoisotopic (exact) mass is 423 g/mol. The normalized spacial score (nSPS) is 17.1. The molecule has 0 unspecified atom stereocenters. The number of unbranched alkanes of at least 4 members (excludes halogenated alkanes) is 2. The maximum atomic E-state index is 12.6. The van der Waals surface area contributed by atoms with Crippen molar-refractivity contribution in [1.29, 1.82) is 0 Å². The maximum Gasteiger partial charge on any atom is 0.431 e. The molecule has 1 aromatic heterocycles. The highest BCUT2D eigenvalue weighted by Gasteiger charge is 2.46. The highest BCUT2D eigenvalue weighted by molar-refractivity contribution is 5.85. The Hall–Kier alpha value is -1.70. The van der Waals surface area contributed by atoms with Crippen LogP contribution in [0.5, 0.6) is 0 Å². The van der Waals surface area contributed by atoms with Gasteiger partial charge in [-0.3, -0.25) is 0 Å². The maximum absolute atomic E-state index is 12.6. The fourth-order valence-electron chi connectivity index (χ4n) is 3.89. The van der Waals surface area contributed by atoms with Gasteiger partial charge in [-0.05, 0) is 38.2 Å². The number of halogens is 6. The van der Waals surface area contributed by atoms with Gasteiger partial charge in [-0.1, -0.05) is 31.5 Å². The van der Waals surface area contributed by atoms with Crippen molar-refractivity contribution < 1.29 is 30.8 Å². The van der Waals surface area contributed by atoms with E-state index in [9.17, 15) is 26.3 Å². The standard InChI is InChI=1S/C11H24N.C10H5F6N/c1-3-4-6-9-12(2)10-7-5-8-11-12;11-9(12,13)7-5-3-1-2-4-6(5)17-8(7)10(14,15)16/h3-11H2,1-2H3;1-4,17H/q+1;. The minimum atomic E-state index is -5.07. The molecule has 0 saturated carbocycles. The number of nitrogens with one attached hydrogen (secondary N) is 1. The second kappa shape index (κ2) is 9.41. The molecule has 1 N–H and O–H groups in total. The smallest absolute Gasteiger partial charge is 0.350 e. The van der Waals surface area contributed by atoms with Gasteiger partial charge in [0.15, 0.2) is 0 Å². The summed E-state index contributed by atoms with van der Waals surface area (Å²) in [6.45, 7) is 6.58. The van der Waals surface area contributed by atoms with E-state index in [0.717, 1.165) is 6.07 Å². The number of aromatic nitrogens is 1. The number of nitrogens with zero attached hydrogens (tertiary/aromatic N) is 1. The van der Waals surface area contributed by atoms with Gasteiger partial charge in [-0.2, -0.15) is 26.3 Å². The van der Waals surface area contributed by atoms with E-state index in [1.807, 2.05) is 0 Å². The van der Waals surface area contributed by atoms with Gasteiger partial charge in [0.25, 0.3) is 0 Å². The van der Waals surface area contributed by atoms with Crippen LogP contribution in [0.2, 0.25) is 0 Å². The van der Waals surface area contributed by atoms with Crippen molar-refractivity contribution in [3.63, 3.8) is 0 Å². The number of para-hydroxylation sites is 1. The third-order valence-electron chi connectivity index (χ3n) is 5.47. The summed E-state index contributed by atoms with van der Waals surface area (Å²) in [6, 6.07) is 4.79. The van der Waals surface area contributed by atoms with Crippen LogP contribution in [0.1, 0.15) is 56.7 Å². The topological polar surface area (TPSA) is 15.8 Å². The highest BCUT2D eigenvalue weighted by Crippen LogP contribution is 2.43. The van der Waals surface area contributed by atoms with E-state index in [-0.39, 0.29) is 5.52 Å². The van der Waals surface area contributed by atoms with Gasteiger partial charge in [0.05, 0.1) is 32.2 Å². The van der Waals surface area contributed by atoms with Crippen molar-refractivity contribution in [3.8, 4) is 0 Å². The van der Waals surface area contributed by atoms with E-state index < -0.39 is 29.0 Å². The lowest BCUT2D eigenvalue weighted by Gasteiger charge is -2.37. The number of fused-ring (bicyclic) bond motifs is 1. The second-order valence-electron chi connectivity index (χ2n) is 7.97. The van der Waals surface area contributed by atoms with Gasteiger partial charge >= 0.3 is 12.4 Å². The number of hydrogen-bond acceptors (Lipinski definition) is 0. The summed E-state index contributed by atoms with van der Waals surface area (Å²) in [5.74, 6) is 0. The second-order valence-corrected chi connectivity index (χ2v) is 7.97. The minimum absolute atomic E-state index is 0.188. The molecule has 1 aliphatic rings. The molecule has 1 fully saturated rings. The molecule has 2 heterocycles. The largest absolute Gasteiger partial charge is 0.431 e. The molecule has 0 atom stereocenters. The average Bonchev–Trinajstić information content (AvgIpc) is 3.03. The number of quaternary nitrogens is 1. The predicted molar refractivity (Wildman–Crippen MR) is 102 cm³/mol. The number of H-pyrrole nitrogens is 1. The number of rotatable bonds is 4. The van der Waals surface area contributed by atoms with Crippen LogP contribution < -0.4 is 0 Å². The molecule has 1 aromatic carbocycles. The van der Waals surface area contributed by atoms with Crippen LogP contribution in [0.15, 0.2) is 24.3 Å². The lowest BCUT2D eigenvalue weighted by atomic mass is 10.1. The quantitative estimate of drug-likeness (QED) is 0.309. The molecule has 8 heteroatoms. The van der Waals surface area contributed by atoms with Crippen molar-refractivity contribution >= 4 is 10.9 Å². The Morgan fingerprint density at radius 2 is 1.52 bits per heavy atom. The first-order chi connectivity index (χ1) is 13.5. The number of alkyl halides is 6. The molecule has 3 rings (SSSR count). The Kier molecular flexibility index (Phi) is 7.65. The summed E-state index contributed by atoms with van der Waals surface area (Å²) < 4.78 is 76.7. The Balaban J connectivity index is 0.000000221. The molecule has 2 aromatic rings. The summed E-state index contributed by atoms with van der Waals surface area (Å²) in [5, 5.41) is -0.479. The van der Waals surface area contributed by atoms with E-state index >= 15 is 0 Å². The number of hydrogen-bond donors (Lipinski definition) is 1. The van der Waals surface area contributed by atoms with Crippen molar-refractivity contribution in [3.05, 3.63) is 35.5 Å². The summed E-state index contributed by atoms with van der Waals surface area (Å²) in [5.41, 5.74) is -3.61. The van der Waals surface area contributed by atoms with E-state index in [4.69, 9.17) is 0 Å². The van der Waals surface area contributed by atoms with Gasteiger partial charge < -0.3 is 9.47 Å².